The molecule has 0 unspecified atom stereocenters. The van der Waals surface area contributed by atoms with E-state index >= 15 is 0 Å². The van der Waals surface area contributed by atoms with E-state index < -0.39 is 0 Å². The first kappa shape index (κ1) is 13.8. The summed E-state index contributed by atoms with van der Waals surface area (Å²) < 4.78 is 0. The van der Waals surface area contributed by atoms with Crippen LogP contribution in [0.5, 0.6) is 0 Å². The Hall–Kier alpha value is -1.84. The van der Waals surface area contributed by atoms with Gasteiger partial charge in [0.15, 0.2) is 0 Å². The summed E-state index contributed by atoms with van der Waals surface area (Å²) in [6.45, 7) is 0. The van der Waals surface area contributed by atoms with Gasteiger partial charge < -0.3 is 4.90 Å². The number of hydrogen-bond donors (Lipinski definition) is 1. The van der Waals surface area contributed by atoms with Crippen molar-refractivity contribution in [1.82, 2.24) is 0 Å². The van der Waals surface area contributed by atoms with Gasteiger partial charge in [-0.05, 0) is 42.0 Å². The first-order valence-corrected chi connectivity index (χ1v) is 8.67. The van der Waals surface area contributed by atoms with Crippen LogP contribution in [0.2, 0.25) is 0 Å². The normalized spacial score (nSPS) is 12.7. The third-order valence-corrected chi connectivity index (χ3v) is 5.28. The first-order valence-electron chi connectivity index (χ1n) is 7.22. The van der Waals surface area contributed by atoms with Gasteiger partial charge in [-0.1, -0.05) is 48.2 Å². The number of hydrogen-bond acceptors (Lipinski definition) is 3. The molecule has 0 spiro atoms. The summed E-state index contributed by atoms with van der Waals surface area (Å²) >= 11 is 6.26. The van der Waals surface area contributed by atoms with E-state index in [1.54, 1.807) is 0 Å². The fourth-order valence-corrected chi connectivity index (χ4v) is 3.99. The summed E-state index contributed by atoms with van der Waals surface area (Å²) in [4.78, 5) is 4.92. The van der Waals surface area contributed by atoms with E-state index in [0.717, 1.165) is 5.75 Å². The van der Waals surface area contributed by atoms with Gasteiger partial charge in [-0.25, -0.2) is 0 Å². The molecule has 0 radical (unpaired) electrons. The van der Waals surface area contributed by atoms with Crippen LogP contribution in [-0.4, -0.2) is 0 Å². The van der Waals surface area contributed by atoms with Crippen LogP contribution in [0.25, 0.3) is 0 Å². The van der Waals surface area contributed by atoms with Gasteiger partial charge in [0.25, 0.3) is 0 Å². The zero-order valence-electron chi connectivity index (χ0n) is 11.9. The highest BCUT2D eigenvalue weighted by atomic mass is 32.2. The van der Waals surface area contributed by atoms with Crippen molar-refractivity contribution >= 4 is 41.5 Å². The van der Waals surface area contributed by atoms with E-state index in [0.29, 0.717) is 0 Å². The first-order chi connectivity index (χ1) is 10.9. The van der Waals surface area contributed by atoms with E-state index in [4.69, 9.17) is 0 Å². The summed E-state index contributed by atoms with van der Waals surface area (Å²) in [6, 6.07) is 25.7. The second kappa shape index (κ2) is 5.75. The van der Waals surface area contributed by atoms with Crippen molar-refractivity contribution in [2.24, 2.45) is 0 Å². The second-order valence-corrected chi connectivity index (χ2v) is 6.60. The van der Waals surface area contributed by atoms with Crippen LogP contribution in [-0.2, 0) is 5.75 Å². The quantitative estimate of drug-likeness (QED) is 0.448. The molecule has 0 N–H and O–H groups in total. The standard InChI is InChI=1S/C19H15NS2/c21-13-14-10-11-19-17(12-14)20(15-6-2-1-3-7-15)16-8-4-5-9-18(16)22-19/h1-12,21H,13H2. The summed E-state index contributed by atoms with van der Waals surface area (Å²) in [5.41, 5.74) is 4.90. The minimum Gasteiger partial charge on any atom is -0.308 e. The molecule has 4 rings (SSSR count). The highest BCUT2D eigenvalue weighted by molar-refractivity contribution is 7.99. The Balaban J connectivity index is 1.96. The van der Waals surface area contributed by atoms with Crippen LogP contribution in [0.4, 0.5) is 17.1 Å². The largest absolute Gasteiger partial charge is 0.308 e. The van der Waals surface area contributed by atoms with E-state index in [2.05, 4.69) is 90.3 Å². The molecule has 0 atom stereocenters. The van der Waals surface area contributed by atoms with Gasteiger partial charge in [0, 0.05) is 21.2 Å². The molecule has 0 aliphatic carbocycles. The van der Waals surface area contributed by atoms with Crippen LogP contribution in [0.1, 0.15) is 5.56 Å². The Bertz CT molecular complexity index is 815. The molecule has 108 valence electrons. The zero-order valence-corrected chi connectivity index (χ0v) is 13.6. The summed E-state index contributed by atoms with van der Waals surface area (Å²) in [5, 5.41) is 0. The van der Waals surface area contributed by atoms with Gasteiger partial charge in [-0.3, -0.25) is 0 Å². The Morgan fingerprint density at radius 2 is 1.50 bits per heavy atom. The van der Waals surface area contributed by atoms with E-state index in [9.17, 15) is 0 Å². The molecule has 3 aromatic carbocycles. The molecule has 22 heavy (non-hydrogen) atoms. The predicted octanol–water partition coefficient (Wildman–Crippen LogP) is 6.05. The molecule has 0 bridgehead atoms. The van der Waals surface area contributed by atoms with Crippen molar-refractivity contribution < 1.29 is 0 Å². The Morgan fingerprint density at radius 3 is 2.32 bits per heavy atom. The average Bonchev–Trinajstić information content (AvgIpc) is 2.60. The maximum absolute atomic E-state index is 4.42. The Morgan fingerprint density at radius 1 is 0.773 bits per heavy atom. The maximum atomic E-state index is 4.42. The lowest BCUT2D eigenvalue weighted by Crippen LogP contribution is -2.14. The monoisotopic (exact) mass is 321 g/mol. The lowest BCUT2D eigenvalue weighted by atomic mass is 10.1. The van der Waals surface area contributed by atoms with E-state index in [1.807, 2.05) is 11.8 Å². The molecule has 3 heteroatoms. The highest BCUT2D eigenvalue weighted by Crippen LogP contribution is 2.51. The topological polar surface area (TPSA) is 3.24 Å². The number of para-hydroxylation sites is 2. The van der Waals surface area contributed by atoms with Crippen molar-refractivity contribution in [2.45, 2.75) is 15.5 Å². The molecular formula is C19H15NS2. The molecule has 0 amide bonds. The van der Waals surface area contributed by atoms with E-state index in [1.165, 1.54) is 32.4 Å². The van der Waals surface area contributed by atoms with Gasteiger partial charge in [0.2, 0.25) is 0 Å². The van der Waals surface area contributed by atoms with Gasteiger partial charge in [0.05, 0.1) is 11.4 Å². The Labute approximate surface area is 140 Å². The fraction of sp³-hybridized carbons (Fsp3) is 0.0526. The molecule has 1 nitrogen and oxygen atoms in total. The number of anilines is 3. The number of benzene rings is 3. The van der Waals surface area contributed by atoms with Gasteiger partial charge in [-0.15, -0.1) is 0 Å². The smallest absolute Gasteiger partial charge is 0.0604 e. The van der Waals surface area contributed by atoms with Crippen LogP contribution >= 0.6 is 24.4 Å². The van der Waals surface area contributed by atoms with Crippen molar-refractivity contribution in [3.05, 3.63) is 78.4 Å². The fourth-order valence-electron chi connectivity index (χ4n) is 2.75. The third kappa shape index (κ3) is 2.31. The Kier molecular flexibility index (Phi) is 3.60. The molecule has 0 saturated carbocycles. The van der Waals surface area contributed by atoms with Crippen LogP contribution < -0.4 is 4.90 Å². The van der Waals surface area contributed by atoms with Crippen molar-refractivity contribution in [1.29, 1.82) is 0 Å². The molecule has 1 aliphatic heterocycles. The van der Waals surface area contributed by atoms with Crippen molar-refractivity contribution in [2.75, 3.05) is 4.90 Å². The third-order valence-electron chi connectivity index (χ3n) is 3.79. The van der Waals surface area contributed by atoms with E-state index in [-0.39, 0.29) is 0 Å². The zero-order chi connectivity index (χ0) is 14.9. The van der Waals surface area contributed by atoms with Crippen LogP contribution in [0, 0.1) is 0 Å². The molecule has 3 aromatic rings. The molecule has 0 aromatic heterocycles. The minimum atomic E-state index is 0.752. The number of nitrogens with zero attached hydrogens (tertiary/aromatic N) is 1. The summed E-state index contributed by atoms with van der Waals surface area (Å²) in [7, 11) is 0. The predicted molar refractivity (Wildman–Crippen MR) is 97.9 cm³/mol. The number of thiol groups is 1. The highest BCUT2D eigenvalue weighted by Gasteiger charge is 2.24. The molecule has 1 aliphatic rings. The SMILES string of the molecule is SCc1ccc2c(c1)N(c1ccccc1)c1ccccc1S2. The summed E-state index contributed by atoms with van der Waals surface area (Å²) in [6.07, 6.45) is 0. The molecule has 0 fully saturated rings. The average molecular weight is 321 g/mol. The van der Waals surface area contributed by atoms with Gasteiger partial charge >= 0.3 is 0 Å². The van der Waals surface area contributed by atoms with Crippen LogP contribution in [0.3, 0.4) is 0 Å². The van der Waals surface area contributed by atoms with Gasteiger partial charge in [-0.2, -0.15) is 12.6 Å². The van der Waals surface area contributed by atoms with Crippen molar-refractivity contribution in [3.63, 3.8) is 0 Å². The molecule has 1 heterocycles. The molecule has 0 saturated heterocycles. The number of rotatable bonds is 2. The number of fused-ring (bicyclic) bond motifs is 2. The minimum absolute atomic E-state index is 0.752. The molecular weight excluding hydrogens is 306 g/mol. The van der Waals surface area contributed by atoms with Gasteiger partial charge in [0.1, 0.15) is 0 Å². The maximum Gasteiger partial charge on any atom is 0.0604 e. The lowest BCUT2D eigenvalue weighted by molar-refractivity contribution is 1.15. The lowest BCUT2D eigenvalue weighted by Gasteiger charge is -2.33. The van der Waals surface area contributed by atoms with Crippen LogP contribution in [0.15, 0.2) is 82.6 Å². The summed E-state index contributed by atoms with van der Waals surface area (Å²) in [5.74, 6) is 0.752. The second-order valence-electron chi connectivity index (χ2n) is 5.20. The van der Waals surface area contributed by atoms with Crippen molar-refractivity contribution in [3.8, 4) is 0 Å².